The fourth-order valence-corrected chi connectivity index (χ4v) is 1.48. The molecule has 0 spiro atoms. The van der Waals surface area contributed by atoms with E-state index in [0.29, 0.717) is 0 Å². The Morgan fingerprint density at radius 3 is 2.42 bits per heavy atom. The van der Waals surface area contributed by atoms with Crippen LogP contribution in [-0.4, -0.2) is 30.1 Å². The van der Waals surface area contributed by atoms with Crippen LogP contribution < -0.4 is 5.73 Å². The quantitative estimate of drug-likeness (QED) is 0.679. The summed E-state index contributed by atoms with van der Waals surface area (Å²) in [5.74, 6) is 0. The van der Waals surface area contributed by atoms with Gasteiger partial charge < -0.3 is 10.6 Å². The third kappa shape index (κ3) is 4.07. The molecule has 12 heavy (non-hydrogen) atoms. The second-order valence-corrected chi connectivity index (χ2v) is 4.80. The van der Waals surface area contributed by atoms with Crippen LogP contribution in [0.2, 0.25) is 0 Å². The van der Waals surface area contributed by atoms with Crippen LogP contribution in [0.4, 0.5) is 0 Å². The van der Waals surface area contributed by atoms with Gasteiger partial charge in [0.1, 0.15) is 0 Å². The summed E-state index contributed by atoms with van der Waals surface area (Å²) in [6, 6.07) is 0.894. The van der Waals surface area contributed by atoms with Gasteiger partial charge in [0.25, 0.3) is 0 Å². The molecule has 1 aliphatic carbocycles. The summed E-state index contributed by atoms with van der Waals surface area (Å²) in [6.45, 7) is 5.42. The molecule has 0 unspecified atom stereocenters. The zero-order valence-electron chi connectivity index (χ0n) is 8.64. The fourth-order valence-electron chi connectivity index (χ4n) is 1.48. The SMILES string of the molecule is CN(CCCC(C)(C)N)C1CC1. The molecule has 1 saturated carbocycles. The van der Waals surface area contributed by atoms with E-state index < -0.39 is 0 Å². The first-order valence-electron chi connectivity index (χ1n) is 4.98. The van der Waals surface area contributed by atoms with E-state index in [0.717, 1.165) is 12.5 Å². The molecule has 0 bridgehead atoms. The molecule has 72 valence electrons. The molecule has 2 N–H and O–H groups in total. The van der Waals surface area contributed by atoms with E-state index in [1.807, 2.05) is 0 Å². The summed E-state index contributed by atoms with van der Waals surface area (Å²) < 4.78 is 0. The van der Waals surface area contributed by atoms with Crippen molar-refractivity contribution >= 4 is 0 Å². The van der Waals surface area contributed by atoms with Crippen LogP contribution in [-0.2, 0) is 0 Å². The van der Waals surface area contributed by atoms with Crippen LogP contribution in [0, 0.1) is 0 Å². The molecule has 0 heterocycles. The predicted molar refractivity (Wildman–Crippen MR) is 53.2 cm³/mol. The summed E-state index contributed by atoms with van der Waals surface area (Å²) >= 11 is 0. The molecule has 0 aromatic rings. The van der Waals surface area contributed by atoms with Gasteiger partial charge in [0.05, 0.1) is 0 Å². The molecule has 0 aromatic heterocycles. The van der Waals surface area contributed by atoms with Crippen LogP contribution in [0.3, 0.4) is 0 Å². The van der Waals surface area contributed by atoms with Gasteiger partial charge in [-0.3, -0.25) is 0 Å². The summed E-state index contributed by atoms with van der Waals surface area (Å²) in [5.41, 5.74) is 5.91. The molecule has 2 nitrogen and oxygen atoms in total. The summed E-state index contributed by atoms with van der Waals surface area (Å²) in [6.07, 6.45) is 5.17. The highest BCUT2D eigenvalue weighted by Gasteiger charge is 2.25. The van der Waals surface area contributed by atoms with E-state index >= 15 is 0 Å². The van der Waals surface area contributed by atoms with Crippen LogP contribution in [0.5, 0.6) is 0 Å². The fraction of sp³-hybridized carbons (Fsp3) is 1.00. The normalized spacial score (nSPS) is 18.8. The lowest BCUT2D eigenvalue weighted by atomic mass is 10.0. The smallest absolute Gasteiger partial charge is 0.00975 e. The monoisotopic (exact) mass is 170 g/mol. The van der Waals surface area contributed by atoms with Crippen molar-refractivity contribution in [1.82, 2.24) is 4.90 Å². The largest absolute Gasteiger partial charge is 0.326 e. The molecular weight excluding hydrogens is 148 g/mol. The van der Waals surface area contributed by atoms with E-state index in [1.54, 1.807) is 0 Å². The molecule has 0 aliphatic heterocycles. The van der Waals surface area contributed by atoms with Gasteiger partial charge in [-0.2, -0.15) is 0 Å². The van der Waals surface area contributed by atoms with Crippen LogP contribution in [0.15, 0.2) is 0 Å². The molecule has 1 rings (SSSR count). The Kier molecular flexibility index (Phi) is 3.13. The second-order valence-electron chi connectivity index (χ2n) is 4.80. The molecular formula is C10H22N2. The van der Waals surface area contributed by atoms with E-state index in [-0.39, 0.29) is 5.54 Å². The highest BCUT2D eigenvalue weighted by molar-refractivity contribution is 4.82. The van der Waals surface area contributed by atoms with Gasteiger partial charge >= 0.3 is 0 Å². The van der Waals surface area contributed by atoms with Crippen molar-refractivity contribution in [3.63, 3.8) is 0 Å². The summed E-state index contributed by atoms with van der Waals surface area (Å²) in [7, 11) is 2.22. The van der Waals surface area contributed by atoms with Crippen molar-refractivity contribution in [3.8, 4) is 0 Å². The molecule has 0 saturated heterocycles. The number of nitrogens with two attached hydrogens (primary N) is 1. The minimum Gasteiger partial charge on any atom is -0.326 e. The zero-order chi connectivity index (χ0) is 9.19. The van der Waals surface area contributed by atoms with Gasteiger partial charge in [0.15, 0.2) is 0 Å². The molecule has 1 aliphatic rings. The first-order chi connectivity index (χ1) is 5.49. The van der Waals surface area contributed by atoms with Gasteiger partial charge in [-0.05, 0) is 53.1 Å². The number of rotatable bonds is 5. The number of hydrogen-bond donors (Lipinski definition) is 1. The van der Waals surface area contributed by atoms with Crippen molar-refractivity contribution in [1.29, 1.82) is 0 Å². The lowest BCUT2D eigenvalue weighted by molar-refractivity contribution is 0.301. The van der Waals surface area contributed by atoms with Crippen molar-refractivity contribution in [3.05, 3.63) is 0 Å². The van der Waals surface area contributed by atoms with Crippen molar-refractivity contribution in [2.24, 2.45) is 5.73 Å². The van der Waals surface area contributed by atoms with Crippen molar-refractivity contribution in [2.75, 3.05) is 13.6 Å². The predicted octanol–water partition coefficient (Wildman–Crippen LogP) is 1.60. The lowest BCUT2D eigenvalue weighted by Gasteiger charge is -2.21. The van der Waals surface area contributed by atoms with Crippen LogP contribution in [0.25, 0.3) is 0 Å². The third-order valence-electron chi connectivity index (χ3n) is 2.50. The first-order valence-corrected chi connectivity index (χ1v) is 4.98. The maximum atomic E-state index is 5.89. The van der Waals surface area contributed by atoms with Crippen LogP contribution >= 0.6 is 0 Å². The highest BCUT2D eigenvalue weighted by atomic mass is 15.1. The lowest BCUT2D eigenvalue weighted by Crippen LogP contribution is -2.33. The Morgan fingerprint density at radius 1 is 1.42 bits per heavy atom. The van der Waals surface area contributed by atoms with Gasteiger partial charge in [-0.1, -0.05) is 0 Å². The van der Waals surface area contributed by atoms with E-state index in [9.17, 15) is 0 Å². The Morgan fingerprint density at radius 2 is 2.00 bits per heavy atom. The van der Waals surface area contributed by atoms with Crippen LogP contribution in [0.1, 0.15) is 39.5 Å². The average Bonchev–Trinajstić information content (AvgIpc) is 2.64. The maximum absolute atomic E-state index is 5.89. The maximum Gasteiger partial charge on any atom is 0.00975 e. The molecule has 0 aromatic carbocycles. The summed E-state index contributed by atoms with van der Waals surface area (Å²) in [5, 5.41) is 0. The van der Waals surface area contributed by atoms with E-state index in [4.69, 9.17) is 5.73 Å². The molecule has 0 amide bonds. The Balaban J connectivity index is 2.01. The molecule has 2 heteroatoms. The topological polar surface area (TPSA) is 29.3 Å². The number of hydrogen-bond acceptors (Lipinski definition) is 2. The molecule has 0 radical (unpaired) electrons. The Labute approximate surface area is 76.1 Å². The van der Waals surface area contributed by atoms with Crippen molar-refractivity contribution < 1.29 is 0 Å². The standard InChI is InChI=1S/C10H22N2/c1-10(2,11)7-4-8-12(3)9-5-6-9/h9H,4-8,11H2,1-3H3. The molecule has 1 fully saturated rings. The Hall–Kier alpha value is -0.0800. The van der Waals surface area contributed by atoms with Gasteiger partial charge in [-0.15, -0.1) is 0 Å². The van der Waals surface area contributed by atoms with E-state index in [1.165, 1.54) is 25.8 Å². The summed E-state index contributed by atoms with van der Waals surface area (Å²) in [4.78, 5) is 2.46. The zero-order valence-corrected chi connectivity index (χ0v) is 8.64. The minimum absolute atomic E-state index is 0.0182. The third-order valence-corrected chi connectivity index (χ3v) is 2.50. The Bertz CT molecular complexity index is 133. The van der Waals surface area contributed by atoms with Gasteiger partial charge in [0.2, 0.25) is 0 Å². The first kappa shape index (κ1) is 10.0. The van der Waals surface area contributed by atoms with Crippen molar-refractivity contribution in [2.45, 2.75) is 51.1 Å². The minimum atomic E-state index is 0.0182. The van der Waals surface area contributed by atoms with Gasteiger partial charge in [0, 0.05) is 11.6 Å². The highest BCUT2D eigenvalue weighted by Crippen LogP contribution is 2.25. The molecule has 0 atom stereocenters. The van der Waals surface area contributed by atoms with Gasteiger partial charge in [-0.25, -0.2) is 0 Å². The average molecular weight is 170 g/mol. The van der Waals surface area contributed by atoms with E-state index in [2.05, 4.69) is 25.8 Å². The number of nitrogens with zero attached hydrogens (tertiary/aromatic N) is 1. The second kappa shape index (κ2) is 3.75.